The molecule has 4 atom stereocenters. The molecular formula is C60H44O2. The lowest BCUT2D eigenvalue weighted by molar-refractivity contribution is 0.182. The van der Waals surface area contributed by atoms with E-state index in [1.807, 2.05) is 0 Å². The summed E-state index contributed by atoms with van der Waals surface area (Å²) in [5.74, 6) is 2.71. The highest BCUT2D eigenvalue weighted by molar-refractivity contribution is 6.25. The predicted octanol–water partition coefficient (Wildman–Crippen LogP) is 13.6. The van der Waals surface area contributed by atoms with Gasteiger partial charge in [-0.15, -0.1) is 0 Å². The minimum Gasteiger partial charge on any atom is -0.485 e. The minimum absolute atomic E-state index is 0.0940. The molecule has 6 aliphatic rings. The molecule has 296 valence electrons. The Kier molecular flexibility index (Phi) is 7.46. The van der Waals surface area contributed by atoms with Crippen molar-refractivity contribution in [2.75, 3.05) is 0 Å². The second-order valence-corrected chi connectivity index (χ2v) is 18.3. The molecule has 2 heterocycles. The van der Waals surface area contributed by atoms with Crippen molar-refractivity contribution < 1.29 is 9.15 Å². The van der Waals surface area contributed by atoms with Gasteiger partial charge in [0.25, 0.3) is 0 Å². The highest BCUT2D eigenvalue weighted by atomic mass is 16.5. The fourth-order valence-corrected chi connectivity index (χ4v) is 12.2. The van der Waals surface area contributed by atoms with Crippen molar-refractivity contribution in [3.8, 4) is 0 Å². The van der Waals surface area contributed by atoms with E-state index in [-0.39, 0.29) is 23.9 Å². The lowest BCUT2D eigenvalue weighted by Crippen LogP contribution is -2.39. The molecule has 0 amide bonds. The summed E-state index contributed by atoms with van der Waals surface area (Å²) < 4.78 is 14.1. The molecule has 1 aliphatic heterocycles. The molecule has 0 spiro atoms. The molecule has 0 fully saturated rings. The molecule has 0 N–H and O–H groups in total. The second kappa shape index (κ2) is 13.3. The van der Waals surface area contributed by atoms with Crippen molar-refractivity contribution in [3.05, 3.63) is 213 Å². The molecule has 62 heavy (non-hydrogen) atoms. The zero-order valence-corrected chi connectivity index (χ0v) is 34.5. The van der Waals surface area contributed by atoms with Crippen LogP contribution in [0.25, 0.3) is 77.7 Å². The summed E-state index contributed by atoms with van der Waals surface area (Å²) in [4.78, 5) is 0. The van der Waals surface area contributed by atoms with Crippen LogP contribution in [-0.4, -0.2) is 6.10 Å². The maximum Gasteiger partial charge on any atom is 0.141 e. The first kappa shape index (κ1) is 34.8. The molecule has 2 nitrogen and oxygen atoms in total. The van der Waals surface area contributed by atoms with E-state index >= 15 is 0 Å². The molecule has 2 heteroatoms. The quantitative estimate of drug-likeness (QED) is 0.166. The van der Waals surface area contributed by atoms with Crippen LogP contribution < -0.4 is 10.6 Å². The topological polar surface area (TPSA) is 22.4 Å². The Labute approximate surface area is 360 Å². The summed E-state index contributed by atoms with van der Waals surface area (Å²) in [6.45, 7) is 0. The number of allylic oxidation sites excluding steroid dienone is 7. The van der Waals surface area contributed by atoms with E-state index in [1.54, 1.807) is 0 Å². The summed E-state index contributed by atoms with van der Waals surface area (Å²) >= 11 is 0. The van der Waals surface area contributed by atoms with Gasteiger partial charge in [-0.25, -0.2) is 0 Å². The van der Waals surface area contributed by atoms with Crippen LogP contribution in [0.15, 0.2) is 173 Å². The number of rotatable bonds is 3. The number of furan rings is 1. The SMILES string of the molecule is C1=CCCC(C2=c3oc4c(c3=CC3C5=C(C=CC(c6ccc7c8c(c9ccccc9c7c6)CCC=C8)C5)OC23)CC(c2ccc3c5ccccc5c5ccccc5c3c2)C=C4)=C1. The van der Waals surface area contributed by atoms with Gasteiger partial charge in [0.05, 0.1) is 0 Å². The van der Waals surface area contributed by atoms with Crippen molar-refractivity contribution in [2.24, 2.45) is 5.92 Å². The first-order valence-corrected chi connectivity index (χ1v) is 22.7. The van der Waals surface area contributed by atoms with Crippen LogP contribution in [0.3, 0.4) is 0 Å². The van der Waals surface area contributed by atoms with Crippen molar-refractivity contribution in [1.82, 2.24) is 0 Å². The Hall–Kier alpha value is -6.90. The van der Waals surface area contributed by atoms with Crippen molar-refractivity contribution in [2.45, 2.75) is 56.5 Å². The Bertz CT molecular complexity index is 3600. The normalized spacial score (nSPS) is 22.1. The maximum absolute atomic E-state index is 7.07. The molecule has 0 bridgehead atoms. The Morgan fingerprint density at radius 2 is 1.16 bits per heavy atom. The van der Waals surface area contributed by atoms with Crippen molar-refractivity contribution >= 4 is 77.7 Å². The van der Waals surface area contributed by atoms with E-state index in [1.165, 1.54) is 104 Å². The molecule has 0 saturated heterocycles. The van der Waals surface area contributed by atoms with Gasteiger partial charge >= 0.3 is 0 Å². The van der Waals surface area contributed by atoms with Gasteiger partial charge in [-0.3, -0.25) is 0 Å². The number of ether oxygens (including phenoxy) is 1. The van der Waals surface area contributed by atoms with E-state index in [0.717, 1.165) is 55.5 Å². The summed E-state index contributed by atoms with van der Waals surface area (Å²) in [5, 5.41) is 14.7. The van der Waals surface area contributed by atoms with E-state index in [2.05, 4.69) is 170 Å². The van der Waals surface area contributed by atoms with Crippen LogP contribution in [0.5, 0.6) is 0 Å². The van der Waals surface area contributed by atoms with Gasteiger partial charge in [0.1, 0.15) is 23.0 Å². The van der Waals surface area contributed by atoms with Gasteiger partial charge in [0.15, 0.2) is 0 Å². The average molecular weight is 797 g/mol. The summed E-state index contributed by atoms with van der Waals surface area (Å²) in [6.07, 6.45) is 29.3. The van der Waals surface area contributed by atoms with Crippen LogP contribution in [0.1, 0.15) is 71.1 Å². The fraction of sp³-hybridized carbons (Fsp3) is 0.167. The van der Waals surface area contributed by atoms with Crippen LogP contribution in [0.2, 0.25) is 0 Å². The van der Waals surface area contributed by atoms with Crippen LogP contribution in [-0.2, 0) is 17.6 Å². The molecule has 5 aliphatic carbocycles. The van der Waals surface area contributed by atoms with Crippen molar-refractivity contribution in [1.29, 1.82) is 0 Å². The lowest BCUT2D eigenvalue weighted by atomic mass is 9.76. The van der Waals surface area contributed by atoms with E-state index in [0.29, 0.717) is 0 Å². The maximum atomic E-state index is 7.07. The molecular weight excluding hydrogens is 753 g/mol. The molecule has 0 radical (unpaired) electrons. The largest absolute Gasteiger partial charge is 0.485 e. The van der Waals surface area contributed by atoms with Gasteiger partial charge in [0, 0.05) is 34.1 Å². The molecule has 1 aromatic heterocycles. The van der Waals surface area contributed by atoms with E-state index < -0.39 is 0 Å². The standard InChI is InChI=1S/C60H44O2/c1-2-12-35(13-3-1)58-59-54(52-32-38(24-28-56(52)61-59)36-22-26-48-44-18-6-4-14-40(44)42-16-8-10-20-46(42)50(48)30-36)34-55-53-33-39(25-29-57(53)62-60(55)58)37-23-27-49-45-19-7-5-15-41(45)43-17-9-11-21-47(43)51(49)31-37/h1-2,4,6-12,14,16-31,34,38-39,55,60H,3,5,13,15,32-33H2. The third kappa shape index (κ3) is 5.04. The summed E-state index contributed by atoms with van der Waals surface area (Å²) in [5.41, 5.74) is 12.0. The summed E-state index contributed by atoms with van der Waals surface area (Å²) in [7, 11) is 0. The van der Waals surface area contributed by atoms with E-state index in [9.17, 15) is 0 Å². The molecule has 8 aromatic rings. The zero-order chi connectivity index (χ0) is 40.5. The monoisotopic (exact) mass is 796 g/mol. The predicted molar refractivity (Wildman–Crippen MR) is 257 cm³/mol. The van der Waals surface area contributed by atoms with Gasteiger partial charge in [0.2, 0.25) is 0 Å². The van der Waals surface area contributed by atoms with Gasteiger partial charge in [-0.2, -0.15) is 0 Å². The third-order valence-corrected chi connectivity index (χ3v) is 15.1. The number of fused-ring (bicyclic) bond motifs is 17. The van der Waals surface area contributed by atoms with Crippen molar-refractivity contribution in [3.63, 3.8) is 0 Å². The van der Waals surface area contributed by atoms with E-state index in [4.69, 9.17) is 9.15 Å². The Morgan fingerprint density at radius 3 is 1.90 bits per heavy atom. The smallest absolute Gasteiger partial charge is 0.141 e. The minimum atomic E-state index is -0.0940. The van der Waals surface area contributed by atoms with Crippen LogP contribution >= 0.6 is 0 Å². The van der Waals surface area contributed by atoms with Gasteiger partial charge in [-0.1, -0.05) is 146 Å². The molecule has 0 saturated carbocycles. The highest BCUT2D eigenvalue weighted by Crippen LogP contribution is 2.49. The first-order valence-electron chi connectivity index (χ1n) is 22.7. The summed E-state index contributed by atoms with van der Waals surface area (Å²) in [6, 6.07) is 41.3. The van der Waals surface area contributed by atoms with Crippen LogP contribution in [0, 0.1) is 5.92 Å². The molecule has 14 rings (SSSR count). The van der Waals surface area contributed by atoms with Crippen LogP contribution in [0.4, 0.5) is 0 Å². The second-order valence-electron chi connectivity index (χ2n) is 18.3. The third-order valence-electron chi connectivity index (χ3n) is 15.1. The Balaban J connectivity index is 0.861. The number of hydrogen-bond acceptors (Lipinski definition) is 2. The molecule has 4 unspecified atom stereocenters. The zero-order valence-electron chi connectivity index (χ0n) is 34.5. The number of benzene rings is 7. The number of hydrogen-bond donors (Lipinski definition) is 0. The molecule has 7 aromatic carbocycles. The average Bonchev–Trinajstić information content (AvgIpc) is 3.90. The van der Waals surface area contributed by atoms with Gasteiger partial charge < -0.3 is 9.15 Å². The van der Waals surface area contributed by atoms with Gasteiger partial charge in [-0.05, 0) is 150 Å². The lowest BCUT2D eigenvalue weighted by Gasteiger charge is -2.27. The fourth-order valence-electron chi connectivity index (χ4n) is 12.2. The Morgan fingerprint density at radius 1 is 0.532 bits per heavy atom. The number of aryl methyl sites for hydroxylation is 1. The highest BCUT2D eigenvalue weighted by Gasteiger charge is 2.43. The first-order chi connectivity index (χ1) is 30.7.